The van der Waals surface area contributed by atoms with Crippen molar-refractivity contribution in [3.05, 3.63) is 84.5 Å². The number of ether oxygens (including phenoxy) is 1. The van der Waals surface area contributed by atoms with Crippen LogP contribution in [0.2, 0.25) is 0 Å². The quantitative estimate of drug-likeness (QED) is 0.256. The number of nitrogens with two attached hydrogens (primary N) is 1. The Kier molecular flexibility index (Phi) is 6.45. The van der Waals surface area contributed by atoms with E-state index in [0.717, 1.165) is 50.6 Å². The van der Waals surface area contributed by atoms with E-state index in [2.05, 4.69) is 32.4 Å². The van der Waals surface area contributed by atoms with Crippen molar-refractivity contribution in [1.82, 2.24) is 24.3 Å². The average Bonchev–Trinajstić information content (AvgIpc) is 3.57. The van der Waals surface area contributed by atoms with Crippen LogP contribution in [0.15, 0.2) is 73.2 Å². The number of anilines is 2. The molecule has 1 aliphatic heterocycles. The van der Waals surface area contributed by atoms with Gasteiger partial charge in [0.2, 0.25) is 5.91 Å². The van der Waals surface area contributed by atoms with Crippen molar-refractivity contribution in [1.29, 1.82) is 0 Å². The highest BCUT2D eigenvalue weighted by Crippen LogP contribution is 2.32. The van der Waals surface area contributed by atoms with Gasteiger partial charge >= 0.3 is 6.09 Å². The number of carbonyl (C=O) groups is 2. The fraction of sp³-hybridized carbons (Fsp3) is 0.226. The van der Waals surface area contributed by atoms with Crippen LogP contribution in [0.25, 0.3) is 33.5 Å². The van der Waals surface area contributed by atoms with E-state index in [-0.39, 0.29) is 6.09 Å². The van der Waals surface area contributed by atoms with Gasteiger partial charge in [-0.15, -0.1) is 0 Å². The second kappa shape index (κ2) is 10.1. The second-order valence-corrected chi connectivity index (χ2v) is 11.0. The molecule has 0 saturated heterocycles. The van der Waals surface area contributed by atoms with Gasteiger partial charge in [0.15, 0.2) is 0 Å². The number of pyridine rings is 2. The number of aromatic nitrogens is 4. The lowest BCUT2D eigenvalue weighted by Gasteiger charge is -2.29. The second-order valence-electron chi connectivity index (χ2n) is 11.0. The molecule has 41 heavy (non-hydrogen) atoms. The van der Waals surface area contributed by atoms with E-state index in [1.165, 1.54) is 0 Å². The summed E-state index contributed by atoms with van der Waals surface area (Å²) in [5.41, 5.74) is 12.4. The Labute approximate surface area is 236 Å². The van der Waals surface area contributed by atoms with Gasteiger partial charge < -0.3 is 25.7 Å². The summed E-state index contributed by atoms with van der Waals surface area (Å²) in [7, 11) is 0. The monoisotopic (exact) mass is 549 g/mol. The van der Waals surface area contributed by atoms with Gasteiger partial charge in [-0.25, -0.2) is 14.8 Å². The van der Waals surface area contributed by atoms with Crippen LogP contribution in [0.3, 0.4) is 0 Å². The number of primary amides is 1. The number of hydrogen-bond donors (Lipinski definition) is 3. The number of hydrogen-bond acceptors (Lipinski definition) is 6. The fourth-order valence-corrected chi connectivity index (χ4v) is 5.05. The maximum atomic E-state index is 12.5. The molecule has 10 nitrogen and oxygen atoms in total. The largest absolute Gasteiger partial charge is 0.444 e. The molecule has 10 heteroatoms. The fourth-order valence-electron chi connectivity index (χ4n) is 5.05. The minimum absolute atomic E-state index is 0.297. The first-order valence-electron chi connectivity index (χ1n) is 13.4. The molecule has 5 heterocycles. The first-order valence-corrected chi connectivity index (χ1v) is 13.4. The number of rotatable bonds is 5. The Bertz CT molecular complexity index is 1830. The molecule has 2 amide bonds. The van der Waals surface area contributed by atoms with Crippen LogP contribution in [0.5, 0.6) is 0 Å². The van der Waals surface area contributed by atoms with Crippen LogP contribution in [0.4, 0.5) is 16.2 Å². The summed E-state index contributed by atoms with van der Waals surface area (Å²) in [4.78, 5) is 38.7. The molecule has 0 fully saturated rings. The molecule has 1 aliphatic rings. The molecule has 0 bridgehead atoms. The predicted octanol–water partition coefficient (Wildman–Crippen LogP) is 5.74. The molecule has 5 aromatic rings. The summed E-state index contributed by atoms with van der Waals surface area (Å²) in [5.74, 6) is -0.488. The van der Waals surface area contributed by atoms with Crippen LogP contribution in [-0.4, -0.2) is 54.9 Å². The van der Waals surface area contributed by atoms with Crippen molar-refractivity contribution < 1.29 is 14.3 Å². The van der Waals surface area contributed by atoms with E-state index < -0.39 is 11.5 Å². The van der Waals surface area contributed by atoms with Crippen molar-refractivity contribution in [3.8, 4) is 11.3 Å². The Balaban J connectivity index is 1.27. The number of imidazole rings is 1. The third-order valence-corrected chi connectivity index (χ3v) is 6.99. The summed E-state index contributed by atoms with van der Waals surface area (Å²) >= 11 is 0. The number of amides is 2. The molecule has 208 valence electrons. The molecule has 0 saturated carbocycles. The SMILES string of the molecule is CC(C)(C)OC(=O)N1CC=C(c2cc3c(Nc4ccc5ncc(-c6ccccc6C(N)=O)n5c4)ccnc3[nH]2)CC1. The van der Waals surface area contributed by atoms with Crippen LogP contribution in [0.1, 0.15) is 43.2 Å². The number of fused-ring (bicyclic) bond motifs is 2. The average molecular weight is 550 g/mol. The third kappa shape index (κ3) is 5.23. The number of carbonyl (C=O) groups excluding carboxylic acids is 2. The maximum Gasteiger partial charge on any atom is 0.410 e. The highest BCUT2D eigenvalue weighted by molar-refractivity contribution is 5.99. The van der Waals surface area contributed by atoms with Gasteiger partial charge in [0, 0.05) is 47.7 Å². The lowest BCUT2D eigenvalue weighted by atomic mass is 10.0. The molecule has 4 aromatic heterocycles. The molecule has 6 rings (SSSR count). The highest BCUT2D eigenvalue weighted by atomic mass is 16.6. The topological polar surface area (TPSA) is 131 Å². The lowest BCUT2D eigenvalue weighted by molar-refractivity contribution is 0.0270. The van der Waals surface area contributed by atoms with Crippen molar-refractivity contribution >= 4 is 45.6 Å². The van der Waals surface area contributed by atoms with Crippen molar-refractivity contribution in [2.45, 2.75) is 32.8 Å². The van der Waals surface area contributed by atoms with Gasteiger partial charge in [-0.2, -0.15) is 0 Å². The molecule has 0 atom stereocenters. The first kappa shape index (κ1) is 26.1. The van der Waals surface area contributed by atoms with Crippen LogP contribution in [-0.2, 0) is 4.74 Å². The third-order valence-electron chi connectivity index (χ3n) is 6.99. The van der Waals surface area contributed by atoms with Gasteiger partial charge in [-0.3, -0.25) is 9.20 Å². The molecule has 0 spiro atoms. The standard InChI is InChI=1S/C31H31N7O3/c1-31(2,3)41-30(40)37-14-11-19(12-15-37)25-16-23-24(10-13-33-29(23)36-25)35-20-8-9-27-34-17-26(38(27)18-20)21-6-4-5-7-22(21)28(32)39/h4-11,13,16-18H,12,14-15H2,1-3H3,(H2,32,39)(H2,33,35,36). The van der Waals surface area contributed by atoms with Crippen LogP contribution < -0.4 is 11.1 Å². The van der Waals surface area contributed by atoms with Gasteiger partial charge in [-0.05, 0) is 63.1 Å². The Hall–Kier alpha value is -5.12. The first-order chi connectivity index (χ1) is 19.7. The molecule has 0 radical (unpaired) electrons. The molecular weight excluding hydrogens is 518 g/mol. The summed E-state index contributed by atoms with van der Waals surface area (Å²) < 4.78 is 7.45. The Morgan fingerprint density at radius 1 is 1.10 bits per heavy atom. The van der Waals surface area contributed by atoms with E-state index in [4.69, 9.17) is 10.5 Å². The van der Waals surface area contributed by atoms with E-state index in [9.17, 15) is 9.59 Å². The molecule has 0 aliphatic carbocycles. The summed E-state index contributed by atoms with van der Waals surface area (Å²) in [6.07, 6.45) is 7.92. The number of nitrogens with one attached hydrogen (secondary N) is 2. The van der Waals surface area contributed by atoms with Gasteiger partial charge in [0.1, 0.15) is 16.9 Å². The Morgan fingerprint density at radius 2 is 1.93 bits per heavy atom. The van der Waals surface area contributed by atoms with Gasteiger partial charge in [0.25, 0.3) is 0 Å². The van der Waals surface area contributed by atoms with E-state index in [0.29, 0.717) is 25.1 Å². The minimum Gasteiger partial charge on any atom is -0.444 e. The van der Waals surface area contributed by atoms with Gasteiger partial charge in [0.05, 0.1) is 23.3 Å². The highest BCUT2D eigenvalue weighted by Gasteiger charge is 2.24. The summed E-state index contributed by atoms with van der Waals surface area (Å²) in [6, 6.07) is 15.1. The Morgan fingerprint density at radius 3 is 2.68 bits per heavy atom. The molecule has 0 unspecified atom stereocenters. The molecule has 1 aromatic carbocycles. The smallest absolute Gasteiger partial charge is 0.410 e. The van der Waals surface area contributed by atoms with Crippen LogP contribution in [0, 0.1) is 0 Å². The van der Waals surface area contributed by atoms with E-state index >= 15 is 0 Å². The zero-order valence-electron chi connectivity index (χ0n) is 23.1. The number of aromatic amines is 1. The van der Waals surface area contributed by atoms with Crippen molar-refractivity contribution in [3.63, 3.8) is 0 Å². The van der Waals surface area contributed by atoms with E-state index in [1.807, 2.05) is 61.7 Å². The maximum absolute atomic E-state index is 12.5. The lowest BCUT2D eigenvalue weighted by Crippen LogP contribution is -2.39. The molecule has 4 N–H and O–H groups in total. The minimum atomic E-state index is -0.523. The normalized spacial score (nSPS) is 13.8. The summed E-state index contributed by atoms with van der Waals surface area (Å²) in [6.45, 7) is 6.68. The van der Waals surface area contributed by atoms with Crippen molar-refractivity contribution in [2.24, 2.45) is 5.73 Å². The zero-order chi connectivity index (χ0) is 28.7. The van der Waals surface area contributed by atoms with Crippen LogP contribution >= 0.6 is 0 Å². The van der Waals surface area contributed by atoms with Gasteiger partial charge in [-0.1, -0.05) is 24.3 Å². The van der Waals surface area contributed by atoms with Crippen molar-refractivity contribution in [2.75, 3.05) is 18.4 Å². The number of nitrogens with zero attached hydrogens (tertiary/aromatic N) is 4. The number of benzene rings is 1. The summed E-state index contributed by atoms with van der Waals surface area (Å²) in [5, 5.41) is 4.46. The van der Waals surface area contributed by atoms with E-state index in [1.54, 1.807) is 29.4 Å². The predicted molar refractivity (Wildman–Crippen MR) is 159 cm³/mol. The molecular formula is C31H31N7O3. The number of H-pyrrole nitrogens is 1. The zero-order valence-corrected chi connectivity index (χ0v) is 23.1.